The largest absolute Gasteiger partial charge is 0.472 e. The molecule has 2 atom stereocenters. The first kappa shape index (κ1) is 29.2. The minimum absolute atomic E-state index is 0.0678. The Kier molecular flexibility index (Phi) is 8.17. The highest BCUT2D eigenvalue weighted by Crippen LogP contribution is 2.38. The highest BCUT2D eigenvalue weighted by atomic mass is 35.5. The van der Waals surface area contributed by atoms with Gasteiger partial charge in [-0.2, -0.15) is 13.2 Å². The summed E-state index contributed by atoms with van der Waals surface area (Å²) < 4.78 is 53.8. The number of carbonyl (C=O) groups is 2. The van der Waals surface area contributed by atoms with E-state index in [0.29, 0.717) is 31.9 Å². The first-order chi connectivity index (χ1) is 20.7. The van der Waals surface area contributed by atoms with Crippen molar-refractivity contribution in [1.29, 1.82) is 0 Å². The lowest BCUT2D eigenvalue weighted by atomic mass is 9.88. The van der Waals surface area contributed by atoms with Crippen LogP contribution in [0.2, 0.25) is 5.15 Å². The van der Waals surface area contributed by atoms with Gasteiger partial charge in [0, 0.05) is 62.5 Å². The lowest BCUT2D eigenvalue weighted by molar-refractivity contribution is -0.136. The van der Waals surface area contributed by atoms with E-state index in [4.69, 9.17) is 20.8 Å². The van der Waals surface area contributed by atoms with Crippen LogP contribution in [0, 0.1) is 5.92 Å². The Morgan fingerprint density at radius 1 is 1.07 bits per heavy atom. The first-order valence-corrected chi connectivity index (χ1v) is 14.3. The number of nitrogens with zero attached hydrogens (tertiary/aromatic N) is 4. The fourth-order valence-corrected chi connectivity index (χ4v) is 6.02. The van der Waals surface area contributed by atoms with E-state index in [0.717, 1.165) is 29.1 Å². The van der Waals surface area contributed by atoms with Crippen molar-refractivity contribution in [3.8, 4) is 11.1 Å². The van der Waals surface area contributed by atoms with Gasteiger partial charge in [-0.25, -0.2) is 4.98 Å². The molecular weight excluding hydrogens is 587 g/mol. The third-order valence-electron chi connectivity index (χ3n) is 8.03. The summed E-state index contributed by atoms with van der Waals surface area (Å²) in [5.41, 5.74) is -0.325. The van der Waals surface area contributed by atoms with Gasteiger partial charge in [-0.15, -0.1) is 0 Å². The number of benzene rings is 1. The third kappa shape index (κ3) is 5.99. The molecule has 0 spiro atoms. The number of pyridine rings is 1. The zero-order valence-electron chi connectivity index (χ0n) is 23.0. The molecular formula is C30H29ClF3N5O4. The number of likely N-dealkylation sites (tertiary alicyclic amines) is 1. The fraction of sp³-hybridized carbons (Fsp3) is 0.367. The summed E-state index contributed by atoms with van der Waals surface area (Å²) in [6, 6.07) is 11.9. The second kappa shape index (κ2) is 12.0. The maximum absolute atomic E-state index is 14.1. The average molecular weight is 616 g/mol. The zero-order valence-corrected chi connectivity index (χ0v) is 23.8. The van der Waals surface area contributed by atoms with Crippen molar-refractivity contribution in [3.63, 3.8) is 0 Å². The molecule has 3 aromatic heterocycles. The molecule has 5 heterocycles. The Morgan fingerprint density at radius 2 is 1.84 bits per heavy atom. The highest BCUT2D eigenvalue weighted by Gasteiger charge is 2.42. The minimum Gasteiger partial charge on any atom is -0.472 e. The Balaban J connectivity index is 1.27. The molecule has 43 heavy (non-hydrogen) atoms. The molecule has 0 saturated carbocycles. The Hall–Kier alpha value is -3.87. The molecule has 4 aromatic rings. The lowest BCUT2D eigenvalue weighted by Crippen LogP contribution is -2.43. The molecule has 2 saturated heterocycles. The number of hydrogen-bond acceptors (Lipinski definition) is 6. The van der Waals surface area contributed by atoms with Crippen molar-refractivity contribution in [3.05, 3.63) is 83.2 Å². The van der Waals surface area contributed by atoms with Crippen LogP contribution < -0.4 is 5.32 Å². The molecule has 1 aromatic carbocycles. The van der Waals surface area contributed by atoms with Crippen LogP contribution in [0.15, 0.2) is 65.6 Å². The number of rotatable bonds is 7. The maximum Gasteiger partial charge on any atom is 0.420 e. The molecule has 2 unspecified atom stereocenters. The Labute approximate surface area is 250 Å². The third-order valence-corrected chi connectivity index (χ3v) is 8.39. The van der Waals surface area contributed by atoms with Crippen molar-refractivity contribution in [1.82, 2.24) is 24.5 Å². The topological polar surface area (TPSA) is 92.3 Å². The molecule has 2 fully saturated rings. The standard InChI is InChI=1S/C30H29ClF3N5O4/c31-26-25(36-27-24(30(32,33)34)14-21(15-39(26)27)20-6-11-43-18-20)29(41)38-16-22(19-4-2-1-3-5-19)23(17-38)28(40)35-7-8-37-9-12-42-13-10-37/h1-6,11,14-15,18,22-23H,7-10,12-13,16-17H2,(H,35,40). The fourth-order valence-electron chi connectivity index (χ4n) is 5.76. The zero-order chi connectivity index (χ0) is 30.1. The van der Waals surface area contributed by atoms with Gasteiger partial charge in [-0.1, -0.05) is 41.9 Å². The van der Waals surface area contributed by atoms with Crippen LogP contribution >= 0.6 is 11.6 Å². The van der Waals surface area contributed by atoms with Crippen molar-refractivity contribution in [2.75, 3.05) is 52.5 Å². The van der Waals surface area contributed by atoms with Crippen LogP contribution in [0.1, 0.15) is 27.5 Å². The summed E-state index contributed by atoms with van der Waals surface area (Å²) in [6.07, 6.45) is -0.698. The summed E-state index contributed by atoms with van der Waals surface area (Å²) in [7, 11) is 0. The molecule has 13 heteroatoms. The molecule has 0 radical (unpaired) electrons. The van der Waals surface area contributed by atoms with Gasteiger partial charge in [0.1, 0.15) is 5.15 Å². The van der Waals surface area contributed by atoms with Crippen molar-refractivity contribution < 1.29 is 31.9 Å². The Bertz CT molecular complexity index is 1600. The summed E-state index contributed by atoms with van der Waals surface area (Å²) in [4.78, 5) is 35.0. The van der Waals surface area contributed by atoms with Crippen molar-refractivity contribution in [2.24, 2.45) is 5.92 Å². The molecule has 226 valence electrons. The summed E-state index contributed by atoms with van der Waals surface area (Å²) >= 11 is 6.55. The molecule has 2 aliphatic heterocycles. The van der Waals surface area contributed by atoms with Crippen LogP contribution in [0.25, 0.3) is 16.8 Å². The number of nitrogens with one attached hydrogen (secondary N) is 1. The number of morpholine rings is 1. The van der Waals surface area contributed by atoms with Gasteiger partial charge in [-0.05, 0) is 17.7 Å². The predicted octanol–water partition coefficient (Wildman–Crippen LogP) is 4.57. The number of alkyl halides is 3. The van der Waals surface area contributed by atoms with E-state index < -0.39 is 29.2 Å². The van der Waals surface area contributed by atoms with Gasteiger partial charge >= 0.3 is 6.18 Å². The number of furan rings is 1. The van der Waals surface area contributed by atoms with E-state index in [1.165, 1.54) is 29.7 Å². The van der Waals surface area contributed by atoms with Gasteiger partial charge in [0.2, 0.25) is 5.91 Å². The molecule has 9 nitrogen and oxygen atoms in total. The second-order valence-electron chi connectivity index (χ2n) is 10.7. The van der Waals surface area contributed by atoms with E-state index in [2.05, 4.69) is 15.2 Å². The summed E-state index contributed by atoms with van der Waals surface area (Å²) in [5.74, 6) is -1.72. The SMILES string of the molecule is O=C(NCCN1CCOCC1)C1CN(C(=O)c2nc3c(C(F)(F)F)cc(-c4ccoc4)cn3c2Cl)CC1c1ccccc1. The quantitative estimate of drug-likeness (QED) is 0.328. The monoisotopic (exact) mass is 615 g/mol. The predicted molar refractivity (Wildman–Crippen MR) is 152 cm³/mol. The lowest BCUT2D eigenvalue weighted by Gasteiger charge is -2.27. The minimum atomic E-state index is -4.76. The number of hydrogen-bond donors (Lipinski definition) is 1. The van der Waals surface area contributed by atoms with E-state index in [-0.39, 0.29) is 41.3 Å². The normalized spacial score (nSPS) is 19.7. The van der Waals surface area contributed by atoms with Crippen LogP contribution in [-0.4, -0.2) is 83.5 Å². The van der Waals surface area contributed by atoms with Gasteiger partial charge in [-0.3, -0.25) is 18.9 Å². The van der Waals surface area contributed by atoms with E-state index in [1.54, 1.807) is 0 Å². The van der Waals surface area contributed by atoms with Crippen molar-refractivity contribution in [2.45, 2.75) is 12.1 Å². The van der Waals surface area contributed by atoms with Crippen LogP contribution in [0.5, 0.6) is 0 Å². The number of fused-ring (bicyclic) bond motifs is 1. The summed E-state index contributed by atoms with van der Waals surface area (Å²) in [5, 5.41) is 2.76. The highest BCUT2D eigenvalue weighted by molar-refractivity contribution is 6.33. The number of amides is 2. The number of halogens is 4. The van der Waals surface area contributed by atoms with E-state index in [9.17, 15) is 22.8 Å². The smallest absolute Gasteiger partial charge is 0.420 e. The summed E-state index contributed by atoms with van der Waals surface area (Å²) in [6.45, 7) is 4.29. The first-order valence-electron chi connectivity index (χ1n) is 13.9. The van der Waals surface area contributed by atoms with Crippen LogP contribution in [0.3, 0.4) is 0 Å². The second-order valence-corrected chi connectivity index (χ2v) is 11.0. The number of imidazole rings is 1. The number of carbonyl (C=O) groups excluding carboxylic acids is 2. The average Bonchev–Trinajstić information content (AvgIpc) is 3.77. The number of aromatic nitrogens is 2. The van der Waals surface area contributed by atoms with E-state index >= 15 is 0 Å². The van der Waals surface area contributed by atoms with Crippen molar-refractivity contribution >= 4 is 29.1 Å². The van der Waals surface area contributed by atoms with Gasteiger partial charge in [0.05, 0.1) is 37.2 Å². The Morgan fingerprint density at radius 3 is 2.53 bits per heavy atom. The van der Waals surface area contributed by atoms with Gasteiger partial charge in [0.15, 0.2) is 11.3 Å². The molecule has 2 aliphatic rings. The van der Waals surface area contributed by atoms with Gasteiger partial charge in [0.25, 0.3) is 5.91 Å². The molecule has 2 amide bonds. The molecule has 6 rings (SSSR count). The van der Waals surface area contributed by atoms with Crippen LogP contribution in [0.4, 0.5) is 13.2 Å². The van der Waals surface area contributed by atoms with Crippen LogP contribution in [-0.2, 0) is 15.7 Å². The number of ether oxygens (including phenoxy) is 1. The molecule has 0 bridgehead atoms. The van der Waals surface area contributed by atoms with E-state index in [1.807, 2.05) is 30.3 Å². The maximum atomic E-state index is 14.1. The molecule has 0 aliphatic carbocycles. The molecule has 1 N–H and O–H groups in total. The van der Waals surface area contributed by atoms with Gasteiger partial charge < -0.3 is 19.4 Å².